The predicted molar refractivity (Wildman–Crippen MR) is 104 cm³/mol. The highest BCUT2D eigenvalue weighted by Gasteiger charge is 2.05. The lowest BCUT2D eigenvalue weighted by molar-refractivity contribution is -0.111. The average molecular weight is 355 g/mol. The number of amides is 1. The van der Waals surface area contributed by atoms with Crippen molar-refractivity contribution >= 4 is 17.7 Å². The fourth-order valence-electron chi connectivity index (χ4n) is 2.63. The van der Waals surface area contributed by atoms with Crippen LogP contribution in [0.15, 0.2) is 46.1 Å². The number of carbonyl (C=O) groups excluding carboxylic acids is 1. The van der Waals surface area contributed by atoms with Gasteiger partial charge in [0.2, 0.25) is 5.91 Å². The Hall–Kier alpha value is -2.89. The van der Waals surface area contributed by atoms with Gasteiger partial charge in [-0.05, 0) is 36.6 Å². The van der Waals surface area contributed by atoms with Gasteiger partial charge in [-0.1, -0.05) is 31.9 Å². The Morgan fingerprint density at radius 2 is 1.81 bits per heavy atom. The third-order valence-corrected chi connectivity index (χ3v) is 4.18. The maximum Gasteiger partial charge on any atom is 0.330 e. The lowest BCUT2D eigenvalue weighted by Crippen LogP contribution is -2.37. The fraction of sp³-hybridized carbons (Fsp3) is 0.350. The second kappa shape index (κ2) is 8.99. The molecule has 0 aliphatic rings. The molecule has 0 saturated heterocycles. The third-order valence-electron chi connectivity index (χ3n) is 4.18. The molecule has 0 fully saturated rings. The van der Waals surface area contributed by atoms with Crippen molar-refractivity contribution in [2.24, 2.45) is 14.1 Å². The van der Waals surface area contributed by atoms with Crippen LogP contribution in [0.5, 0.6) is 0 Å². The molecule has 0 atom stereocenters. The number of unbranched alkanes of at least 4 members (excludes halogenated alkanes) is 2. The average Bonchev–Trinajstić information content (AvgIpc) is 2.63. The van der Waals surface area contributed by atoms with Crippen LogP contribution in [0.3, 0.4) is 0 Å². The number of rotatable bonds is 7. The largest absolute Gasteiger partial charge is 0.330 e. The highest BCUT2D eigenvalue weighted by molar-refractivity contribution is 6.01. The highest BCUT2D eigenvalue weighted by Crippen LogP contribution is 2.12. The van der Waals surface area contributed by atoms with Gasteiger partial charge in [0.15, 0.2) is 0 Å². The van der Waals surface area contributed by atoms with Crippen molar-refractivity contribution in [3.05, 3.63) is 68.5 Å². The molecule has 0 aliphatic heterocycles. The number of benzene rings is 1. The van der Waals surface area contributed by atoms with E-state index in [0.717, 1.165) is 11.0 Å². The molecule has 138 valence electrons. The molecule has 1 N–H and O–H groups in total. The summed E-state index contributed by atoms with van der Waals surface area (Å²) >= 11 is 0. The Balaban J connectivity index is 2.02. The number of nitrogens with one attached hydrogen (secondary N) is 1. The van der Waals surface area contributed by atoms with Gasteiger partial charge in [0.05, 0.1) is 5.56 Å². The van der Waals surface area contributed by atoms with E-state index < -0.39 is 11.2 Å². The van der Waals surface area contributed by atoms with Crippen LogP contribution in [0.1, 0.15) is 37.3 Å². The van der Waals surface area contributed by atoms with Crippen LogP contribution in [0, 0.1) is 0 Å². The minimum Gasteiger partial charge on any atom is -0.323 e. The Bertz CT molecular complexity index is 905. The molecule has 6 nitrogen and oxygen atoms in total. The standard InChI is InChI=1S/C20H25N3O3/c1-4-5-6-7-15-8-11-17(12-9-15)21-18(24)13-10-16-14-22(2)20(26)23(3)19(16)25/h8-14H,4-7H2,1-3H3,(H,21,24)/b13-10+. The van der Waals surface area contributed by atoms with Crippen LogP contribution in [0.2, 0.25) is 0 Å². The minimum absolute atomic E-state index is 0.274. The zero-order chi connectivity index (χ0) is 19.1. The first-order valence-electron chi connectivity index (χ1n) is 8.77. The van der Waals surface area contributed by atoms with Gasteiger partial charge >= 0.3 is 5.69 Å². The lowest BCUT2D eigenvalue weighted by atomic mass is 10.1. The van der Waals surface area contributed by atoms with Crippen molar-refractivity contribution in [3.8, 4) is 0 Å². The van der Waals surface area contributed by atoms with Gasteiger partial charge in [-0.2, -0.15) is 0 Å². The van der Waals surface area contributed by atoms with Gasteiger partial charge in [0, 0.05) is 32.1 Å². The molecule has 0 aliphatic carbocycles. The molecule has 1 amide bonds. The number of carbonyl (C=O) groups is 1. The predicted octanol–water partition coefficient (Wildman–Crippen LogP) is 2.47. The molecular weight excluding hydrogens is 330 g/mol. The molecule has 0 spiro atoms. The Kier molecular flexibility index (Phi) is 6.72. The number of anilines is 1. The maximum absolute atomic E-state index is 12.1. The molecule has 1 aromatic carbocycles. The molecule has 6 heteroatoms. The van der Waals surface area contributed by atoms with Crippen molar-refractivity contribution < 1.29 is 4.79 Å². The molecule has 2 aromatic rings. The van der Waals surface area contributed by atoms with Crippen molar-refractivity contribution in [2.45, 2.75) is 32.6 Å². The summed E-state index contributed by atoms with van der Waals surface area (Å²) in [5, 5.41) is 2.76. The molecule has 0 unspecified atom stereocenters. The summed E-state index contributed by atoms with van der Waals surface area (Å²) in [4.78, 5) is 35.7. The van der Waals surface area contributed by atoms with E-state index in [1.807, 2.05) is 24.3 Å². The van der Waals surface area contributed by atoms with Crippen molar-refractivity contribution in [1.29, 1.82) is 0 Å². The first kappa shape index (κ1) is 19.4. The molecule has 0 radical (unpaired) electrons. The van der Waals surface area contributed by atoms with E-state index in [1.54, 1.807) is 7.05 Å². The Labute approximate surface area is 152 Å². The van der Waals surface area contributed by atoms with Crippen LogP contribution in [0.4, 0.5) is 5.69 Å². The zero-order valence-corrected chi connectivity index (χ0v) is 15.5. The van der Waals surface area contributed by atoms with Crippen LogP contribution < -0.4 is 16.6 Å². The van der Waals surface area contributed by atoms with E-state index in [4.69, 9.17) is 0 Å². The Morgan fingerprint density at radius 1 is 1.12 bits per heavy atom. The van der Waals surface area contributed by atoms with E-state index in [0.29, 0.717) is 5.69 Å². The highest BCUT2D eigenvalue weighted by atomic mass is 16.2. The van der Waals surface area contributed by atoms with Crippen molar-refractivity contribution in [3.63, 3.8) is 0 Å². The summed E-state index contributed by atoms with van der Waals surface area (Å²) in [5.74, 6) is -0.334. The summed E-state index contributed by atoms with van der Waals surface area (Å²) < 4.78 is 2.31. The molecule has 1 aromatic heterocycles. The first-order chi connectivity index (χ1) is 12.4. The SMILES string of the molecule is CCCCCc1ccc(NC(=O)/C=C/c2cn(C)c(=O)n(C)c2=O)cc1. The van der Waals surface area contributed by atoms with E-state index in [-0.39, 0.29) is 11.5 Å². The molecule has 26 heavy (non-hydrogen) atoms. The van der Waals surface area contributed by atoms with Crippen LogP contribution in [0.25, 0.3) is 6.08 Å². The molecular formula is C20H25N3O3. The smallest absolute Gasteiger partial charge is 0.323 e. The number of aryl methyl sites for hydroxylation is 2. The topological polar surface area (TPSA) is 73.1 Å². The number of aromatic nitrogens is 2. The van der Waals surface area contributed by atoms with Crippen LogP contribution in [-0.4, -0.2) is 15.0 Å². The van der Waals surface area contributed by atoms with E-state index in [2.05, 4.69) is 12.2 Å². The number of hydrogen-bond donors (Lipinski definition) is 1. The summed E-state index contributed by atoms with van der Waals surface area (Å²) in [6, 6.07) is 7.77. The van der Waals surface area contributed by atoms with Gasteiger partial charge in [0.1, 0.15) is 0 Å². The zero-order valence-electron chi connectivity index (χ0n) is 15.5. The summed E-state index contributed by atoms with van der Waals surface area (Å²) in [7, 11) is 2.96. The summed E-state index contributed by atoms with van der Waals surface area (Å²) in [6.45, 7) is 2.18. The summed E-state index contributed by atoms with van der Waals surface area (Å²) in [6.07, 6.45) is 8.73. The van der Waals surface area contributed by atoms with E-state index >= 15 is 0 Å². The Morgan fingerprint density at radius 3 is 2.46 bits per heavy atom. The second-order valence-electron chi connectivity index (χ2n) is 6.32. The van der Waals surface area contributed by atoms with Gasteiger partial charge in [-0.15, -0.1) is 0 Å². The monoisotopic (exact) mass is 355 g/mol. The maximum atomic E-state index is 12.1. The lowest BCUT2D eigenvalue weighted by Gasteiger charge is -2.05. The normalized spacial score (nSPS) is 11.0. The van der Waals surface area contributed by atoms with E-state index in [9.17, 15) is 14.4 Å². The first-order valence-corrected chi connectivity index (χ1v) is 8.77. The number of nitrogens with zero attached hydrogens (tertiary/aromatic N) is 2. The number of hydrogen-bond acceptors (Lipinski definition) is 3. The molecule has 0 bridgehead atoms. The molecule has 0 saturated carbocycles. The minimum atomic E-state index is -0.436. The quantitative estimate of drug-likeness (QED) is 0.612. The van der Waals surface area contributed by atoms with Gasteiger partial charge in [-0.25, -0.2) is 4.79 Å². The molecule has 2 rings (SSSR count). The van der Waals surface area contributed by atoms with Crippen LogP contribution in [-0.2, 0) is 25.3 Å². The summed E-state index contributed by atoms with van der Waals surface area (Å²) in [5.41, 5.74) is 1.38. The van der Waals surface area contributed by atoms with Gasteiger partial charge < -0.3 is 9.88 Å². The molecule has 1 heterocycles. The van der Waals surface area contributed by atoms with Gasteiger partial charge in [0.25, 0.3) is 5.56 Å². The van der Waals surface area contributed by atoms with Crippen molar-refractivity contribution in [1.82, 2.24) is 9.13 Å². The second-order valence-corrected chi connectivity index (χ2v) is 6.32. The third kappa shape index (κ3) is 5.05. The van der Waals surface area contributed by atoms with E-state index in [1.165, 1.54) is 54.8 Å². The fourth-order valence-corrected chi connectivity index (χ4v) is 2.63. The van der Waals surface area contributed by atoms with Gasteiger partial charge in [-0.3, -0.25) is 14.2 Å². The van der Waals surface area contributed by atoms with Crippen LogP contribution >= 0.6 is 0 Å². The van der Waals surface area contributed by atoms with Crippen molar-refractivity contribution in [2.75, 3.05) is 5.32 Å².